The number of pyridine rings is 1. The maximum absolute atomic E-state index is 10.5. The third-order valence-corrected chi connectivity index (χ3v) is 2.34. The molecule has 0 aliphatic rings. The maximum atomic E-state index is 10.5. The Balaban J connectivity index is 2.51. The average Bonchev–Trinajstić information content (AvgIpc) is 2.27. The van der Waals surface area contributed by atoms with Gasteiger partial charge < -0.3 is 5.11 Å². The molecule has 0 fully saturated rings. The fourth-order valence-electron chi connectivity index (χ4n) is 1.54. The van der Waals surface area contributed by atoms with Gasteiger partial charge in [0.05, 0.1) is 11.2 Å². The molecule has 0 unspecified atom stereocenters. The first-order valence-corrected chi connectivity index (χ1v) is 4.94. The number of nitrogens with zero attached hydrogens (tertiary/aromatic N) is 1. The molecule has 0 aliphatic carbocycles. The highest BCUT2D eigenvalue weighted by atomic mass is 16.4. The van der Waals surface area contributed by atoms with Gasteiger partial charge in [-0.1, -0.05) is 24.3 Å². The van der Waals surface area contributed by atoms with Gasteiger partial charge in [0.1, 0.15) is 0 Å². The second-order valence-electron chi connectivity index (χ2n) is 3.55. The van der Waals surface area contributed by atoms with Crippen LogP contribution in [0.5, 0.6) is 0 Å². The van der Waals surface area contributed by atoms with Crippen molar-refractivity contribution in [3.05, 3.63) is 48.2 Å². The molecule has 0 spiro atoms. The summed E-state index contributed by atoms with van der Waals surface area (Å²) in [5, 5.41) is 9.70. The van der Waals surface area contributed by atoms with Crippen molar-refractivity contribution in [1.29, 1.82) is 0 Å². The molecule has 0 amide bonds. The first-order chi connectivity index (χ1) is 7.66. The fourth-order valence-corrected chi connectivity index (χ4v) is 1.54. The Morgan fingerprint density at radius 3 is 2.75 bits per heavy atom. The normalized spacial score (nSPS) is 11.7. The van der Waals surface area contributed by atoms with E-state index in [0.717, 1.165) is 17.0 Å². The van der Waals surface area contributed by atoms with Gasteiger partial charge in [-0.2, -0.15) is 0 Å². The molecule has 0 bridgehead atoms. The van der Waals surface area contributed by atoms with Gasteiger partial charge in [0.15, 0.2) is 0 Å². The molecule has 0 radical (unpaired) electrons. The molecule has 0 saturated heterocycles. The molecule has 80 valence electrons. The Morgan fingerprint density at radius 2 is 2.00 bits per heavy atom. The zero-order chi connectivity index (χ0) is 11.5. The first kappa shape index (κ1) is 10.4. The van der Waals surface area contributed by atoms with Crippen LogP contribution >= 0.6 is 0 Å². The predicted octanol–water partition coefficient (Wildman–Crippen LogP) is 2.72. The summed E-state index contributed by atoms with van der Waals surface area (Å²) in [4.78, 5) is 14.9. The van der Waals surface area contributed by atoms with Gasteiger partial charge in [0, 0.05) is 11.5 Å². The molecule has 0 saturated carbocycles. The number of aliphatic carboxylic acids is 1. The van der Waals surface area contributed by atoms with E-state index < -0.39 is 5.97 Å². The SMILES string of the molecule is CC(=CC(=O)O)c1ccc2ccccc2n1. The number of carbonyl (C=O) groups is 1. The molecule has 2 aromatic rings. The average molecular weight is 213 g/mol. The lowest BCUT2D eigenvalue weighted by atomic mass is 10.1. The predicted molar refractivity (Wildman–Crippen MR) is 63.0 cm³/mol. The van der Waals surface area contributed by atoms with E-state index in [1.807, 2.05) is 36.4 Å². The molecule has 0 aliphatic heterocycles. The number of benzene rings is 1. The number of hydrogen-bond donors (Lipinski definition) is 1. The van der Waals surface area contributed by atoms with Crippen LogP contribution in [0.25, 0.3) is 16.5 Å². The number of fused-ring (bicyclic) bond motifs is 1. The van der Waals surface area contributed by atoms with E-state index in [9.17, 15) is 4.79 Å². The number of hydrogen-bond acceptors (Lipinski definition) is 2. The number of aromatic nitrogens is 1. The third kappa shape index (κ3) is 2.08. The fraction of sp³-hybridized carbons (Fsp3) is 0.0769. The highest BCUT2D eigenvalue weighted by molar-refractivity contribution is 5.90. The van der Waals surface area contributed by atoms with E-state index >= 15 is 0 Å². The van der Waals surface area contributed by atoms with Crippen LogP contribution in [0.2, 0.25) is 0 Å². The summed E-state index contributed by atoms with van der Waals surface area (Å²) in [7, 11) is 0. The van der Waals surface area contributed by atoms with Gasteiger partial charge in [0.2, 0.25) is 0 Å². The highest BCUT2D eigenvalue weighted by Crippen LogP contribution is 2.16. The standard InChI is InChI=1S/C13H11NO2/c1-9(8-13(15)16)11-7-6-10-4-2-3-5-12(10)14-11/h2-8H,1H3,(H,15,16). The monoisotopic (exact) mass is 213 g/mol. The highest BCUT2D eigenvalue weighted by Gasteiger charge is 2.01. The van der Waals surface area contributed by atoms with Gasteiger partial charge in [0.25, 0.3) is 0 Å². The van der Waals surface area contributed by atoms with Gasteiger partial charge in [-0.25, -0.2) is 9.78 Å². The molecule has 16 heavy (non-hydrogen) atoms. The van der Waals surface area contributed by atoms with Crippen molar-refractivity contribution in [2.45, 2.75) is 6.92 Å². The lowest BCUT2D eigenvalue weighted by Crippen LogP contribution is -1.92. The van der Waals surface area contributed by atoms with Crippen molar-refractivity contribution in [3.8, 4) is 0 Å². The van der Waals surface area contributed by atoms with Crippen LogP contribution < -0.4 is 0 Å². The van der Waals surface area contributed by atoms with Crippen molar-refractivity contribution in [2.75, 3.05) is 0 Å². The summed E-state index contributed by atoms with van der Waals surface area (Å²) < 4.78 is 0. The van der Waals surface area contributed by atoms with Crippen LogP contribution in [0.3, 0.4) is 0 Å². The quantitative estimate of drug-likeness (QED) is 0.780. The number of carboxylic acid groups (broad SMARTS) is 1. The Kier molecular flexibility index (Phi) is 2.68. The van der Waals surface area contributed by atoms with Crippen molar-refractivity contribution in [3.63, 3.8) is 0 Å². The third-order valence-electron chi connectivity index (χ3n) is 2.34. The van der Waals surface area contributed by atoms with Gasteiger partial charge in [-0.15, -0.1) is 0 Å². The van der Waals surface area contributed by atoms with Gasteiger partial charge >= 0.3 is 5.97 Å². The molecule has 3 nitrogen and oxygen atoms in total. The Bertz CT molecular complexity index is 573. The first-order valence-electron chi connectivity index (χ1n) is 4.94. The molecule has 1 N–H and O–H groups in total. The van der Waals surface area contributed by atoms with E-state index in [1.54, 1.807) is 6.92 Å². The minimum absolute atomic E-state index is 0.651. The minimum atomic E-state index is -0.951. The summed E-state index contributed by atoms with van der Waals surface area (Å²) in [5.74, 6) is -0.951. The van der Waals surface area contributed by atoms with Gasteiger partial charge in [-0.05, 0) is 24.6 Å². The zero-order valence-electron chi connectivity index (χ0n) is 8.84. The molecule has 0 atom stereocenters. The van der Waals surface area contributed by atoms with Crippen molar-refractivity contribution >= 4 is 22.4 Å². The molecular weight excluding hydrogens is 202 g/mol. The molecule has 2 rings (SSSR count). The van der Waals surface area contributed by atoms with Crippen molar-refractivity contribution in [1.82, 2.24) is 4.98 Å². The lowest BCUT2D eigenvalue weighted by molar-refractivity contribution is -0.131. The van der Waals surface area contributed by atoms with Crippen LogP contribution in [-0.4, -0.2) is 16.1 Å². The van der Waals surface area contributed by atoms with Crippen LogP contribution in [0.1, 0.15) is 12.6 Å². The molecule has 1 heterocycles. The Hall–Kier alpha value is -2.16. The molecular formula is C13H11NO2. The van der Waals surface area contributed by atoms with Crippen LogP contribution in [0, 0.1) is 0 Å². The topological polar surface area (TPSA) is 50.2 Å². The second-order valence-corrected chi connectivity index (χ2v) is 3.55. The van der Waals surface area contributed by atoms with Gasteiger partial charge in [-0.3, -0.25) is 0 Å². The molecule has 1 aromatic carbocycles. The summed E-state index contributed by atoms with van der Waals surface area (Å²) in [6.45, 7) is 1.74. The minimum Gasteiger partial charge on any atom is -0.478 e. The number of para-hydroxylation sites is 1. The Labute approximate surface area is 93.1 Å². The van der Waals surface area contributed by atoms with Crippen LogP contribution in [-0.2, 0) is 4.79 Å². The summed E-state index contributed by atoms with van der Waals surface area (Å²) in [5.41, 5.74) is 2.22. The van der Waals surface area contributed by atoms with Crippen molar-refractivity contribution in [2.24, 2.45) is 0 Å². The zero-order valence-corrected chi connectivity index (χ0v) is 8.84. The van der Waals surface area contributed by atoms with Crippen LogP contribution in [0.15, 0.2) is 42.5 Å². The summed E-state index contributed by atoms with van der Waals surface area (Å²) in [6.07, 6.45) is 1.16. The smallest absolute Gasteiger partial charge is 0.328 e. The molecule has 3 heteroatoms. The Morgan fingerprint density at radius 1 is 1.25 bits per heavy atom. The number of carboxylic acids is 1. The van der Waals surface area contributed by atoms with E-state index in [4.69, 9.17) is 5.11 Å². The summed E-state index contributed by atoms with van der Waals surface area (Å²) in [6, 6.07) is 11.5. The maximum Gasteiger partial charge on any atom is 0.328 e. The van der Waals surface area contributed by atoms with E-state index in [2.05, 4.69) is 4.98 Å². The van der Waals surface area contributed by atoms with E-state index in [0.29, 0.717) is 11.3 Å². The summed E-state index contributed by atoms with van der Waals surface area (Å²) >= 11 is 0. The number of allylic oxidation sites excluding steroid dienone is 1. The van der Waals surface area contributed by atoms with E-state index in [-0.39, 0.29) is 0 Å². The second kappa shape index (κ2) is 4.14. The van der Waals surface area contributed by atoms with Crippen molar-refractivity contribution < 1.29 is 9.90 Å². The number of rotatable bonds is 2. The lowest BCUT2D eigenvalue weighted by Gasteiger charge is -2.02. The largest absolute Gasteiger partial charge is 0.478 e. The van der Waals surface area contributed by atoms with E-state index in [1.165, 1.54) is 0 Å². The van der Waals surface area contributed by atoms with Crippen LogP contribution in [0.4, 0.5) is 0 Å². The molecule has 1 aromatic heterocycles.